The highest BCUT2D eigenvalue weighted by molar-refractivity contribution is 6.23. The molecular formula is C48H30N2O. The van der Waals surface area contributed by atoms with Gasteiger partial charge in [0.1, 0.15) is 11.2 Å². The smallest absolute Gasteiger partial charge is 0.160 e. The van der Waals surface area contributed by atoms with Crippen molar-refractivity contribution in [3.05, 3.63) is 182 Å². The second-order valence-corrected chi connectivity index (χ2v) is 12.9. The van der Waals surface area contributed by atoms with E-state index in [1.54, 1.807) is 0 Å². The van der Waals surface area contributed by atoms with Crippen LogP contribution in [0, 0.1) is 0 Å². The van der Waals surface area contributed by atoms with E-state index in [4.69, 9.17) is 14.4 Å². The molecule has 0 saturated heterocycles. The predicted octanol–water partition coefficient (Wildman–Crippen LogP) is 13.0. The number of furan rings is 1. The van der Waals surface area contributed by atoms with Crippen LogP contribution < -0.4 is 0 Å². The van der Waals surface area contributed by atoms with Crippen LogP contribution in [0.4, 0.5) is 0 Å². The van der Waals surface area contributed by atoms with Gasteiger partial charge in [0.25, 0.3) is 0 Å². The number of rotatable bonds is 5. The molecule has 0 aliphatic heterocycles. The largest absolute Gasteiger partial charge is 0.455 e. The van der Waals surface area contributed by atoms with Crippen molar-refractivity contribution in [2.24, 2.45) is 0 Å². The van der Waals surface area contributed by atoms with E-state index in [0.29, 0.717) is 5.82 Å². The first-order valence-electron chi connectivity index (χ1n) is 17.2. The van der Waals surface area contributed by atoms with Crippen LogP contribution in [0.2, 0.25) is 0 Å². The van der Waals surface area contributed by atoms with Gasteiger partial charge in [-0.1, -0.05) is 164 Å². The molecule has 3 heteroatoms. The third-order valence-corrected chi connectivity index (χ3v) is 9.91. The van der Waals surface area contributed by atoms with Crippen LogP contribution in [-0.4, -0.2) is 9.97 Å². The van der Waals surface area contributed by atoms with Crippen LogP contribution in [0.15, 0.2) is 186 Å². The van der Waals surface area contributed by atoms with Crippen molar-refractivity contribution in [1.82, 2.24) is 9.97 Å². The maximum Gasteiger partial charge on any atom is 0.160 e. The Balaban J connectivity index is 1.22. The number of nitrogens with zero attached hydrogens (tertiary/aromatic N) is 2. The van der Waals surface area contributed by atoms with Gasteiger partial charge in [-0.3, -0.25) is 0 Å². The van der Waals surface area contributed by atoms with Crippen LogP contribution in [0.5, 0.6) is 0 Å². The zero-order valence-electron chi connectivity index (χ0n) is 27.6. The summed E-state index contributed by atoms with van der Waals surface area (Å²) in [5.41, 5.74) is 11.3. The topological polar surface area (TPSA) is 38.9 Å². The highest BCUT2D eigenvalue weighted by atomic mass is 16.3. The summed E-state index contributed by atoms with van der Waals surface area (Å²) in [5, 5.41) is 6.81. The van der Waals surface area contributed by atoms with E-state index in [0.717, 1.165) is 77.3 Å². The molecule has 8 aromatic carbocycles. The second kappa shape index (κ2) is 11.9. The van der Waals surface area contributed by atoms with Gasteiger partial charge in [0.05, 0.1) is 11.4 Å². The van der Waals surface area contributed by atoms with E-state index in [1.807, 2.05) is 24.3 Å². The zero-order chi connectivity index (χ0) is 33.7. The van der Waals surface area contributed by atoms with Gasteiger partial charge in [0.2, 0.25) is 0 Å². The molecule has 0 N–H and O–H groups in total. The van der Waals surface area contributed by atoms with E-state index in [1.165, 1.54) is 16.5 Å². The molecule has 51 heavy (non-hydrogen) atoms. The standard InChI is InChI=1S/C48H30N2O/c1-4-15-31(16-5-1)41-29-42-46-39(25-14-26-45(46)51-47(42)40-24-13-12-23-36(40)41)37-27-28-38(35-22-11-10-21-34(35)37)44-30-43(32-17-6-2-7-18-32)49-48(50-44)33-19-8-3-9-20-33/h1-30H. The number of fused-ring (bicyclic) bond motifs is 6. The summed E-state index contributed by atoms with van der Waals surface area (Å²) < 4.78 is 6.72. The normalized spacial score (nSPS) is 11.5. The lowest BCUT2D eigenvalue weighted by Gasteiger charge is -2.14. The average molecular weight is 651 g/mol. The molecule has 10 aromatic rings. The summed E-state index contributed by atoms with van der Waals surface area (Å²) in [4.78, 5) is 10.2. The first-order chi connectivity index (χ1) is 25.3. The quantitative estimate of drug-likeness (QED) is 0.186. The van der Waals surface area contributed by atoms with Gasteiger partial charge in [-0.2, -0.15) is 0 Å². The van der Waals surface area contributed by atoms with Crippen LogP contribution in [-0.2, 0) is 0 Å². The van der Waals surface area contributed by atoms with Crippen molar-refractivity contribution in [1.29, 1.82) is 0 Å². The lowest BCUT2D eigenvalue weighted by molar-refractivity contribution is 0.673. The Morgan fingerprint density at radius 2 is 0.882 bits per heavy atom. The van der Waals surface area contributed by atoms with Gasteiger partial charge in [-0.15, -0.1) is 0 Å². The Morgan fingerprint density at radius 1 is 0.333 bits per heavy atom. The molecule has 10 rings (SSSR count). The SMILES string of the molecule is c1ccc(-c2cc(-c3ccc(-c4cccc5oc6c7ccccc7c(-c7ccccc7)cc6c45)c4ccccc34)nc(-c3ccccc3)n2)cc1. The fourth-order valence-electron chi connectivity index (χ4n) is 7.54. The van der Waals surface area contributed by atoms with Crippen molar-refractivity contribution in [2.45, 2.75) is 0 Å². The third-order valence-electron chi connectivity index (χ3n) is 9.91. The van der Waals surface area contributed by atoms with E-state index >= 15 is 0 Å². The predicted molar refractivity (Wildman–Crippen MR) is 212 cm³/mol. The monoisotopic (exact) mass is 650 g/mol. The van der Waals surface area contributed by atoms with Gasteiger partial charge in [0.15, 0.2) is 5.82 Å². The second-order valence-electron chi connectivity index (χ2n) is 12.9. The minimum atomic E-state index is 0.705. The Morgan fingerprint density at radius 3 is 1.59 bits per heavy atom. The van der Waals surface area contributed by atoms with Gasteiger partial charge in [0, 0.05) is 32.8 Å². The average Bonchev–Trinajstić information content (AvgIpc) is 3.60. The molecule has 0 spiro atoms. The molecule has 2 aromatic heterocycles. The van der Waals surface area contributed by atoms with Crippen LogP contribution in [0.1, 0.15) is 0 Å². The van der Waals surface area contributed by atoms with Crippen molar-refractivity contribution >= 4 is 43.5 Å². The van der Waals surface area contributed by atoms with Gasteiger partial charge < -0.3 is 4.42 Å². The molecule has 0 amide bonds. The highest BCUT2D eigenvalue weighted by Crippen LogP contribution is 2.45. The van der Waals surface area contributed by atoms with E-state index < -0.39 is 0 Å². The van der Waals surface area contributed by atoms with E-state index in [-0.39, 0.29) is 0 Å². The zero-order valence-corrected chi connectivity index (χ0v) is 27.6. The summed E-state index contributed by atoms with van der Waals surface area (Å²) in [6.45, 7) is 0. The Labute approximate surface area is 295 Å². The maximum atomic E-state index is 6.72. The van der Waals surface area contributed by atoms with Gasteiger partial charge in [-0.25, -0.2) is 9.97 Å². The van der Waals surface area contributed by atoms with Gasteiger partial charge >= 0.3 is 0 Å². The lowest BCUT2D eigenvalue weighted by Crippen LogP contribution is -1.96. The fourth-order valence-corrected chi connectivity index (χ4v) is 7.54. The van der Waals surface area contributed by atoms with Crippen molar-refractivity contribution in [3.63, 3.8) is 0 Å². The highest BCUT2D eigenvalue weighted by Gasteiger charge is 2.20. The first kappa shape index (κ1) is 29.1. The molecular weight excluding hydrogens is 621 g/mol. The summed E-state index contributed by atoms with van der Waals surface area (Å²) >= 11 is 0. The van der Waals surface area contributed by atoms with Crippen molar-refractivity contribution < 1.29 is 4.42 Å². The molecule has 3 nitrogen and oxygen atoms in total. The summed E-state index contributed by atoms with van der Waals surface area (Å²) in [7, 11) is 0. The number of hydrogen-bond donors (Lipinski definition) is 0. The number of hydrogen-bond acceptors (Lipinski definition) is 3. The first-order valence-corrected chi connectivity index (χ1v) is 17.2. The number of benzene rings is 8. The minimum absolute atomic E-state index is 0.705. The molecule has 0 aliphatic rings. The van der Waals surface area contributed by atoms with E-state index in [2.05, 4.69) is 158 Å². The molecule has 0 bridgehead atoms. The summed E-state index contributed by atoms with van der Waals surface area (Å²) in [6.07, 6.45) is 0. The Bertz CT molecular complexity index is 2840. The van der Waals surface area contributed by atoms with Crippen LogP contribution in [0.25, 0.3) is 99.6 Å². The lowest BCUT2D eigenvalue weighted by atomic mass is 9.90. The van der Waals surface area contributed by atoms with Crippen LogP contribution in [0.3, 0.4) is 0 Å². The Hall–Kier alpha value is -6.84. The third kappa shape index (κ3) is 4.90. The fraction of sp³-hybridized carbons (Fsp3) is 0. The molecule has 0 unspecified atom stereocenters. The molecule has 0 fully saturated rings. The molecule has 238 valence electrons. The van der Waals surface area contributed by atoms with E-state index in [9.17, 15) is 0 Å². The van der Waals surface area contributed by atoms with Crippen molar-refractivity contribution in [2.75, 3.05) is 0 Å². The summed E-state index contributed by atoms with van der Waals surface area (Å²) in [6, 6.07) is 63.7. The van der Waals surface area contributed by atoms with Gasteiger partial charge in [-0.05, 0) is 56.6 Å². The molecule has 0 saturated carbocycles. The molecule has 0 atom stereocenters. The van der Waals surface area contributed by atoms with Crippen molar-refractivity contribution in [3.8, 4) is 56.2 Å². The Kier molecular flexibility index (Phi) is 6.81. The minimum Gasteiger partial charge on any atom is -0.455 e. The molecule has 0 radical (unpaired) electrons. The summed E-state index contributed by atoms with van der Waals surface area (Å²) in [5.74, 6) is 0.705. The number of aromatic nitrogens is 2. The maximum absolute atomic E-state index is 6.72. The molecule has 0 aliphatic carbocycles. The van der Waals surface area contributed by atoms with Crippen LogP contribution >= 0.6 is 0 Å². The molecule has 2 heterocycles.